The molecule has 0 bridgehead atoms. The minimum Gasteiger partial charge on any atom is -0.456 e. The molecule has 0 atom stereocenters. The van der Waals surface area contributed by atoms with E-state index in [1.165, 1.54) is 61.9 Å². The van der Waals surface area contributed by atoms with Crippen LogP contribution in [-0.4, -0.2) is 0 Å². The molecule has 4 heteroatoms. The van der Waals surface area contributed by atoms with Crippen molar-refractivity contribution < 1.29 is 4.42 Å². The third-order valence-corrected chi connectivity index (χ3v) is 12.5. The predicted octanol–water partition coefficient (Wildman–Crippen LogP) is 15.1. The SMILES string of the molecule is c1ccc(-c2ccc(-c3ccc(N(c4ccc5c(c4)sc4ccc6ccccc6c45)c4ccc5c(c4)sc4ccc6ccccc6c45)cc3)o2)cc1. The molecule has 52 heavy (non-hydrogen) atoms. The highest BCUT2D eigenvalue weighted by Gasteiger charge is 2.18. The first kappa shape index (κ1) is 29.5. The predicted molar refractivity (Wildman–Crippen MR) is 225 cm³/mol. The molecule has 0 spiro atoms. The second kappa shape index (κ2) is 11.7. The summed E-state index contributed by atoms with van der Waals surface area (Å²) in [6, 6.07) is 63.5. The summed E-state index contributed by atoms with van der Waals surface area (Å²) in [5, 5.41) is 10.4. The molecule has 2 nitrogen and oxygen atoms in total. The highest BCUT2D eigenvalue weighted by Crippen LogP contribution is 2.45. The first-order valence-electron chi connectivity index (χ1n) is 17.5. The lowest BCUT2D eigenvalue weighted by molar-refractivity contribution is 0.597. The van der Waals surface area contributed by atoms with Crippen LogP contribution in [0.1, 0.15) is 0 Å². The molecule has 0 fully saturated rings. The third-order valence-electron chi connectivity index (χ3n) is 10.3. The maximum Gasteiger partial charge on any atom is 0.134 e. The van der Waals surface area contributed by atoms with Crippen LogP contribution >= 0.6 is 22.7 Å². The van der Waals surface area contributed by atoms with Crippen molar-refractivity contribution in [2.24, 2.45) is 0 Å². The molecule has 0 aliphatic heterocycles. The van der Waals surface area contributed by atoms with Crippen LogP contribution in [0.5, 0.6) is 0 Å². The Kier molecular flexibility index (Phi) is 6.63. The molecule has 0 saturated carbocycles. The van der Waals surface area contributed by atoms with Gasteiger partial charge in [0.05, 0.1) is 0 Å². The van der Waals surface area contributed by atoms with Gasteiger partial charge < -0.3 is 9.32 Å². The molecule has 0 aliphatic rings. The van der Waals surface area contributed by atoms with Crippen molar-refractivity contribution in [1.82, 2.24) is 0 Å². The van der Waals surface area contributed by atoms with E-state index in [0.717, 1.165) is 39.7 Å². The second-order valence-corrected chi connectivity index (χ2v) is 15.5. The number of fused-ring (bicyclic) bond motifs is 10. The fourth-order valence-electron chi connectivity index (χ4n) is 7.82. The van der Waals surface area contributed by atoms with Crippen molar-refractivity contribution in [3.63, 3.8) is 0 Å². The van der Waals surface area contributed by atoms with Crippen molar-refractivity contribution in [1.29, 1.82) is 0 Å². The molecule has 3 aromatic heterocycles. The number of benzene rings is 8. The number of hydrogen-bond donors (Lipinski definition) is 0. The summed E-state index contributed by atoms with van der Waals surface area (Å²) >= 11 is 3.74. The lowest BCUT2D eigenvalue weighted by atomic mass is 10.0. The summed E-state index contributed by atoms with van der Waals surface area (Å²) < 4.78 is 11.5. The fraction of sp³-hybridized carbons (Fsp3) is 0. The van der Waals surface area contributed by atoms with E-state index in [4.69, 9.17) is 4.42 Å². The van der Waals surface area contributed by atoms with Crippen LogP contribution < -0.4 is 4.90 Å². The van der Waals surface area contributed by atoms with Gasteiger partial charge in [0.2, 0.25) is 0 Å². The van der Waals surface area contributed by atoms with E-state index < -0.39 is 0 Å². The van der Waals surface area contributed by atoms with E-state index in [9.17, 15) is 0 Å². The number of nitrogens with zero attached hydrogens (tertiary/aromatic N) is 1. The Bertz CT molecular complexity index is 2980. The minimum atomic E-state index is 0.856. The number of rotatable bonds is 5. The first-order valence-corrected chi connectivity index (χ1v) is 19.1. The minimum absolute atomic E-state index is 0.856. The Morgan fingerprint density at radius 2 is 0.827 bits per heavy atom. The Morgan fingerprint density at radius 1 is 0.346 bits per heavy atom. The molecule has 244 valence electrons. The average molecular weight is 700 g/mol. The Balaban J connectivity index is 1.07. The van der Waals surface area contributed by atoms with E-state index in [0.29, 0.717) is 0 Å². The largest absolute Gasteiger partial charge is 0.456 e. The zero-order valence-electron chi connectivity index (χ0n) is 27.9. The average Bonchev–Trinajstić information content (AvgIpc) is 3.94. The summed E-state index contributed by atoms with van der Waals surface area (Å²) in [4.78, 5) is 2.39. The molecular weight excluding hydrogens is 671 g/mol. The highest BCUT2D eigenvalue weighted by molar-refractivity contribution is 7.26. The van der Waals surface area contributed by atoms with Crippen LogP contribution in [0, 0.1) is 0 Å². The monoisotopic (exact) mass is 699 g/mol. The summed E-state index contributed by atoms with van der Waals surface area (Å²) in [7, 11) is 0. The number of thiophene rings is 2. The molecule has 0 radical (unpaired) electrons. The van der Waals surface area contributed by atoms with Crippen LogP contribution in [-0.2, 0) is 0 Å². The zero-order chi connectivity index (χ0) is 34.2. The normalized spacial score (nSPS) is 11.8. The van der Waals surface area contributed by atoms with Crippen LogP contribution in [0.4, 0.5) is 17.1 Å². The summed E-state index contributed by atoms with van der Waals surface area (Å²) in [5.74, 6) is 1.73. The van der Waals surface area contributed by atoms with Gasteiger partial charge in [-0.25, -0.2) is 0 Å². The van der Waals surface area contributed by atoms with Gasteiger partial charge in [0.15, 0.2) is 0 Å². The van der Waals surface area contributed by atoms with E-state index >= 15 is 0 Å². The summed E-state index contributed by atoms with van der Waals surface area (Å²) in [6.45, 7) is 0. The second-order valence-electron chi connectivity index (χ2n) is 13.3. The van der Waals surface area contributed by atoms with Gasteiger partial charge in [0.25, 0.3) is 0 Å². The quantitative estimate of drug-likeness (QED) is 0.178. The summed E-state index contributed by atoms with van der Waals surface area (Å²) in [5.41, 5.74) is 5.48. The van der Waals surface area contributed by atoms with Gasteiger partial charge in [-0.15, -0.1) is 22.7 Å². The van der Waals surface area contributed by atoms with Gasteiger partial charge in [-0.05, 0) is 94.3 Å². The fourth-order valence-corrected chi connectivity index (χ4v) is 10.1. The van der Waals surface area contributed by atoms with Crippen molar-refractivity contribution in [2.75, 3.05) is 4.90 Å². The number of hydrogen-bond acceptors (Lipinski definition) is 4. The van der Waals surface area contributed by atoms with Crippen molar-refractivity contribution in [2.45, 2.75) is 0 Å². The van der Waals surface area contributed by atoms with E-state index in [2.05, 4.69) is 163 Å². The summed E-state index contributed by atoms with van der Waals surface area (Å²) in [6.07, 6.45) is 0. The molecule has 11 rings (SSSR count). The standard InChI is InChI=1S/C48H29NOS2/c1-2-10-32(11-3-1)41-24-25-42(50-41)33-14-18-34(19-15-33)49(35-20-22-39-45(28-35)51-43-26-16-30-8-4-6-12-37(30)47(39)43)36-21-23-40-46(29-36)52-44-27-17-31-9-5-7-13-38(31)48(40)44/h1-29H. The van der Waals surface area contributed by atoms with Crippen LogP contribution in [0.3, 0.4) is 0 Å². The molecule has 0 saturated heterocycles. The van der Waals surface area contributed by atoms with Crippen molar-refractivity contribution in [3.05, 3.63) is 176 Å². The maximum atomic E-state index is 6.33. The van der Waals surface area contributed by atoms with Crippen LogP contribution in [0.15, 0.2) is 180 Å². The van der Waals surface area contributed by atoms with Gasteiger partial charge in [-0.2, -0.15) is 0 Å². The Labute approximate surface area is 308 Å². The molecular formula is C48H29NOS2. The Hall–Kier alpha value is -6.20. The van der Waals surface area contributed by atoms with Gasteiger partial charge in [0, 0.05) is 68.5 Å². The first-order chi connectivity index (χ1) is 25.7. The van der Waals surface area contributed by atoms with E-state index in [1.807, 2.05) is 40.9 Å². The lowest BCUT2D eigenvalue weighted by Gasteiger charge is -2.26. The molecule has 0 amide bonds. The maximum absolute atomic E-state index is 6.33. The molecule has 0 aliphatic carbocycles. The lowest BCUT2D eigenvalue weighted by Crippen LogP contribution is -2.09. The third kappa shape index (κ3) is 4.69. The zero-order valence-corrected chi connectivity index (χ0v) is 29.5. The van der Waals surface area contributed by atoms with Crippen LogP contribution in [0.2, 0.25) is 0 Å². The van der Waals surface area contributed by atoms with E-state index in [-0.39, 0.29) is 0 Å². The van der Waals surface area contributed by atoms with Gasteiger partial charge in [-0.1, -0.05) is 103 Å². The van der Waals surface area contributed by atoms with Gasteiger partial charge >= 0.3 is 0 Å². The molecule has 3 heterocycles. The molecule has 0 N–H and O–H groups in total. The van der Waals surface area contributed by atoms with Gasteiger partial charge in [0.1, 0.15) is 11.5 Å². The number of furan rings is 1. The van der Waals surface area contributed by atoms with Crippen molar-refractivity contribution in [3.8, 4) is 22.6 Å². The van der Waals surface area contributed by atoms with Gasteiger partial charge in [-0.3, -0.25) is 0 Å². The molecule has 0 unspecified atom stereocenters. The van der Waals surface area contributed by atoms with E-state index in [1.54, 1.807) is 0 Å². The molecule has 8 aromatic carbocycles. The Morgan fingerprint density at radius 3 is 1.38 bits per heavy atom. The van der Waals surface area contributed by atoms with Crippen molar-refractivity contribution >= 4 is 102 Å². The topological polar surface area (TPSA) is 16.4 Å². The highest BCUT2D eigenvalue weighted by atomic mass is 32.1. The van der Waals surface area contributed by atoms with Crippen LogP contribution in [0.25, 0.3) is 84.5 Å². The smallest absolute Gasteiger partial charge is 0.134 e. The number of anilines is 3. The molecule has 11 aromatic rings.